The van der Waals surface area contributed by atoms with Crippen molar-refractivity contribution in [1.82, 2.24) is 14.6 Å². The quantitative estimate of drug-likeness (QED) is 0.553. The number of methoxy groups -OCH3 is 1. The first-order valence-electron chi connectivity index (χ1n) is 8.04. The maximum Gasteiger partial charge on any atom is 0.264 e. The van der Waals surface area contributed by atoms with Crippen LogP contribution in [0, 0.1) is 6.92 Å². The standard InChI is InChI=1S/C18H16N4O3S2/c1-12-3-9-15(10-4-12)27(23,24)21-17-19-18-22(20-17)16(11-26-18)13-5-7-14(25-2)8-6-13/h3-11H,1-2H3,(H,20,21). The highest BCUT2D eigenvalue weighted by molar-refractivity contribution is 7.92. The molecule has 2 heterocycles. The molecule has 7 nitrogen and oxygen atoms in total. The topological polar surface area (TPSA) is 85.6 Å². The lowest BCUT2D eigenvalue weighted by Gasteiger charge is -2.04. The van der Waals surface area contributed by atoms with Crippen LogP contribution < -0.4 is 9.46 Å². The summed E-state index contributed by atoms with van der Waals surface area (Å²) in [6.07, 6.45) is 0. The number of nitrogens with zero attached hydrogens (tertiary/aromatic N) is 3. The molecule has 0 aliphatic rings. The van der Waals surface area contributed by atoms with Crippen molar-refractivity contribution in [2.45, 2.75) is 11.8 Å². The zero-order chi connectivity index (χ0) is 19.0. The molecule has 0 aliphatic heterocycles. The van der Waals surface area contributed by atoms with Crippen molar-refractivity contribution in [3.8, 4) is 17.0 Å². The number of fused-ring (bicyclic) bond motifs is 1. The van der Waals surface area contributed by atoms with E-state index in [1.54, 1.807) is 35.9 Å². The summed E-state index contributed by atoms with van der Waals surface area (Å²) < 4.78 is 34.3. The van der Waals surface area contributed by atoms with Gasteiger partial charge in [0.05, 0.1) is 17.7 Å². The highest BCUT2D eigenvalue weighted by Crippen LogP contribution is 2.27. The molecular formula is C18H16N4O3S2. The SMILES string of the molecule is COc1ccc(-c2csc3nc(NS(=O)(=O)c4ccc(C)cc4)nn23)cc1. The molecule has 0 aliphatic carbocycles. The van der Waals surface area contributed by atoms with Gasteiger partial charge in [0, 0.05) is 10.9 Å². The number of hydrogen-bond donors (Lipinski definition) is 1. The van der Waals surface area contributed by atoms with Crippen molar-refractivity contribution in [2.24, 2.45) is 0 Å². The number of benzene rings is 2. The Kier molecular flexibility index (Phi) is 4.33. The summed E-state index contributed by atoms with van der Waals surface area (Å²) in [4.78, 5) is 5.04. The van der Waals surface area contributed by atoms with Crippen LogP contribution in [0.25, 0.3) is 16.2 Å². The molecule has 0 radical (unpaired) electrons. The third kappa shape index (κ3) is 3.38. The lowest BCUT2D eigenvalue weighted by Crippen LogP contribution is -2.14. The van der Waals surface area contributed by atoms with E-state index in [0.717, 1.165) is 22.6 Å². The van der Waals surface area contributed by atoms with Gasteiger partial charge >= 0.3 is 0 Å². The van der Waals surface area contributed by atoms with Gasteiger partial charge in [-0.3, -0.25) is 0 Å². The van der Waals surface area contributed by atoms with Crippen LogP contribution in [0.2, 0.25) is 0 Å². The molecule has 0 spiro atoms. The molecule has 0 amide bonds. The molecule has 27 heavy (non-hydrogen) atoms. The van der Waals surface area contributed by atoms with Crippen LogP contribution in [-0.4, -0.2) is 30.1 Å². The summed E-state index contributed by atoms with van der Waals surface area (Å²) in [5.74, 6) is 0.799. The van der Waals surface area contributed by atoms with Gasteiger partial charge in [-0.15, -0.1) is 16.4 Å². The van der Waals surface area contributed by atoms with Crippen molar-refractivity contribution in [1.29, 1.82) is 0 Å². The second kappa shape index (κ2) is 6.67. The van der Waals surface area contributed by atoms with Crippen LogP contribution in [0.15, 0.2) is 58.8 Å². The van der Waals surface area contributed by atoms with Crippen LogP contribution in [0.5, 0.6) is 5.75 Å². The molecular weight excluding hydrogens is 384 g/mol. The van der Waals surface area contributed by atoms with Gasteiger partial charge in [-0.2, -0.15) is 4.98 Å². The number of aromatic nitrogens is 3. The number of hydrogen-bond acceptors (Lipinski definition) is 6. The monoisotopic (exact) mass is 400 g/mol. The molecule has 2 aromatic carbocycles. The number of nitrogens with one attached hydrogen (secondary N) is 1. The Balaban J connectivity index is 1.66. The summed E-state index contributed by atoms with van der Waals surface area (Å²) in [6, 6.07) is 14.1. The Morgan fingerprint density at radius 3 is 2.44 bits per heavy atom. The van der Waals surface area contributed by atoms with Gasteiger partial charge in [-0.05, 0) is 43.3 Å². The second-order valence-electron chi connectivity index (χ2n) is 5.90. The predicted octanol–water partition coefficient (Wildman–Crippen LogP) is 3.58. The highest BCUT2D eigenvalue weighted by atomic mass is 32.2. The van der Waals surface area contributed by atoms with Gasteiger partial charge in [0.15, 0.2) is 0 Å². The third-order valence-corrected chi connectivity index (χ3v) is 6.18. The van der Waals surface area contributed by atoms with Gasteiger partial charge in [0.1, 0.15) is 5.75 Å². The molecule has 0 saturated carbocycles. The Morgan fingerprint density at radius 2 is 1.78 bits per heavy atom. The average molecular weight is 400 g/mol. The van der Waals surface area contributed by atoms with E-state index in [2.05, 4.69) is 14.8 Å². The first kappa shape index (κ1) is 17.5. The summed E-state index contributed by atoms with van der Waals surface area (Å²) in [6.45, 7) is 1.90. The van der Waals surface area contributed by atoms with E-state index in [1.807, 2.05) is 36.6 Å². The summed E-state index contributed by atoms with van der Waals surface area (Å²) in [7, 11) is -2.13. The first-order chi connectivity index (χ1) is 13.0. The lowest BCUT2D eigenvalue weighted by atomic mass is 10.2. The summed E-state index contributed by atoms with van der Waals surface area (Å²) >= 11 is 1.39. The smallest absolute Gasteiger partial charge is 0.264 e. The van der Waals surface area contributed by atoms with E-state index in [0.29, 0.717) is 4.96 Å². The highest BCUT2D eigenvalue weighted by Gasteiger charge is 2.18. The number of thiazole rings is 1. The van der Waals surface area contributed by atoms with Gasteiger partial charge in [-0.1, -0.05) is 17.7 Å². The average Bonchev–Trinajstić information content (AvgIpc) is 3.22. The fourth-order valence-corrected chi connectivity index (χ4v) is 4.35. The zero-order valence-electron chi connectivity index (χ0n) is 14.6. The molecule has 0 unspecified atom stereocenters. The van der Waals surface area contributed by atoms with Gasteiger partial charge < -0.3 is 4.74 Å². The van der Waals surface area contributed by atoms with E-state index < -0.39 is 10.0 Å². The van der Waals surface area contributed by atoms with E-state index in [-0.39, 0.29) is 10.8 Å². The van der Waals surface area contributed by atoms with Crippen molar-refractivity contribution < 1.29 is 13.2 Å². The Hall–Kier alpha value is -2.91. The maximum absolute atomic E-state index is 12.5. The number of aryl methyl sites for hydroxylation is 1. The largest absolute Gasteiger partial charge is 0.497 e. The van der Waals surface area contributed by atoms with Crippen LogP contribution in [0.1, 0.15) is 5.56 Å². The van der Waals surface area contributed by atoms with Gasteiger partial charge in [0.25, 0.3) is 16.0 Å². The molecule has 138 valence electrons. The minimum absolute atomic E-state index is 0.0391. The zero-order valence-corrected chi connectivity index (χ0v) is 16.2. The molecule has 0 saturated heterocycles. The summed E-state index contributed by atoms with van der Waals surface area (Å²) in [5.41, 5.74) is 2.74. The molecule has 0 atom stereocenters. The van der Waals surface area contributed by atoms with Crippen molar-refractivity contribution in [2.75, 3.05) is 11.8 Å². The predicted molar refractivity (Wildman–Crippen MR) is 105 cm³/mol. The van der Waals surface area contributed by atoms with E-state index in [9.17, 15) is 8.42 Å². The van der Waals surface area contributed by atoms with Gasteiger partial charge in [0.2, 0.25) is 4.96 Å². The molecule has 4 rings (SSSR count). The van der Waals surface area contributed by atoms with Crippen LogP contribution in [0.4, 0.5) is 5.95 Å². The van der Waals surface area contributed by atoms with E-state index in [1.165, 1.54) is 11.3 Å². The second-order valence-corrected chi connectivity index (χ2v) is 8.42. The first-order valence-corrected chi connectivity index (χ1v) is 10.4. The van der Waals surface area contributed by atoms with Crippen molar-refractivity contribution >= 4 is 32.3 Å². The number of rotatable bonds is 5. The van der Waals surface area contributed by atoms with Crippen molar-refractivity contribution in [3.05, 3.63) is 59.5 Å². The number of sulfonamides is 1. The maximum atomic E-state index is 12.5. The van der Waals surface area contributed by atoms with Crippen molar-refractivity contribution in [3.63, 3.8) is 0 Å². The molecule has 4 aromatic rings. The Labute approximate surface area is 160 Å². The van der Waals surface area contributed by atoms with Crippen LogP contribution >= 0.6 is 11.3 Å². The molecule has 9 heteroatoms. The van der Waals surface area contributed by atoms with Crippen LogP contribution in [-0.2, 0) is 10.0 Å². The molecule has 2 aromatic heterocycles. The lowest BCUT2D eigenvalue weighted by molar-refractivity contribution is 0.415. The number of ether oxygens (including phenoxy) is 1. The van der Waals surface area contributed by atoms with Gasteiger partial charge in [-0.25, -0.2) is 17.7 Å². The Bertz CT molecular complexity index is 1190. The molecule has 1 N–H and O–H groups in total. The van der Waals surface area contributed by atoms with Crippen LogP contribution in [0.3, 0.4) is 0 Å². The minimum Gasteiger partial charge on any atom is -0.497 e. The third-order valence-electron chi connectivity index (χ3n) is 4.02. The normalized spacial score (nSPS) is 11.6. The minimum atomic E-state index is -3.74. The fourth-order valence-electron chi connectivity index (χ4n) is 2.58. The fraction of sp³-hybridized carbons (Fsp3) is 0.111. The molecule has 0 fully saturated rings. The van der Waals surface area contributed by atoms with E-state index >= 15 is 0 Å². The Morgan fingerprint density at radius 1 is 1.07 bits per heavy atom. The molecule has 0 bridgehead atoms. The number of anilines is 1. The summed E-state index contributed by atoms with van der Waals surface area (Å²) in [5, 5.41) is 6.24. The van der Waals surface area contributed by atoms with E-state index in [4.69, 9.17) is 4.74 Å².